The molecule has 0 unspecified atom stereocenters. The molecule has 4 saturated carbocycles. The molecule has 0 aromatic carbocycles. The molecule has 1 aromatic rings. The van der Waals surface area contributed by atoms with Crippen molar-refractivity contribution in [2.24, 2.45) is 34.5 Å². The lowest BCUT2D eigenvalue weighted by Gasteiger charge is -2.59. The second kappa shape index (κ2) is 6.80. The lowest BCUT2D eigenvalue weighted by atomic mass is 9.45. The van der Waals surface area contributed by atoms with Gasteiger partial charge in [-0.1, -0.05) is 13.8 Å². The number of hydrogen-bond acceptors (Lipinski definition) is 3. The first-order valence-corrected chi connectivity index (χ1v) is 11.8. The number of aliphatic hydroxyl groups excluding tert-OH is 1. The first kappa shape index (κ1) is 19.5. The minimum Gasteiger partial charge on any atom is -0.393 e. The van der Waals surface area contributed by atoms with Gasteiger partial charge in [0.1, 0.15) is 0 Å². The minimum atomic E-state index is -0.179. The fraction of sp³-hybridized carbons (Fsp3) is 0.760. The van der Waals surface area contributed by atoms with Crippen LogP contribution in [-0.4, -0.2) is 26.8 Å². The number of aliphatic hydroxyl groups is 1. The van der Waals surface area contributed by atoms with Gasteiger partial charge in [-0.05, 0) is 105 Å². The van der Waals surface area contributed by atoms with Crippen LogP contribution in [0.25, 0.3) is 6.08 Å². The summed E-state index contributed by atoms with van der Waals surface area (Å²) in [5.41, 5.74) is 2.27. The van der Waals surface area contributed by atoms with Crippen molar-refractivity contribution >= 4 is 11.9 Å². The Kier molecular flexibility index (Phi) is 4.58. The maximum absolute atomic E-state index is 13.5. The molecule has 0 radical (unpaired) electrons. The van der Waals surface area contributed by atoms with Crippen LogP contribution in [0.1, 0.15) is 77.8 Å². The number of carbonyl (C=O) groups excluding carboxylic acids is 1. The third kappa shape index (κ3) is 2.81. The van der Waals surface area contributed by atoms with E-state index in [-0.39, 0.29) is 11.5 Å². The molecule has 158 valence electrons. The van der Waals surface area contributed by atoms with Crippen molar-refractivity contribution in [3.63, 3.8) is 0 Å². The lowest BCUT2D eigenvalue weighted by Crippen LogP contribution is -2.54. The van der Waals surface area contributed by atoms with Gasteiger partial charge >= 0.3 is 0 Å². The molecule has 1 heterocycles. The van der Waals surface area contributed by atoms with Crippen molar-refractivity contribution in [3.8, 4) is 0 Å². The molecule has 29 heavy (non-hydrogen) atoms. The van der Waals surface area contributed by atoms with E-state index in [1.54, 1.807) is 0 Å². The molecule has 0 saturated heterocycles. The highest BCUT2D eigenvalue weighted by molar-refractivity contribution is 6.05. The fourth-order valence-electron chi connectivity index (χ4n) is 7.94. The van der Waals surface area contributed by atoms with Crippen LogP contribution < -0.4 is 0 Å². The number of Topliss-reactive ketones (excluding diaryl/α,β-unsaturated/α-hetero) is 1. The summed E-state index contributed by atoms with van der Waals surface area (Å²) >= 11 is 0. The van der Waals surface area contributed by atoms with Crippen LogP contribution in [0.5, 0.6) is 0 Å². The number of ketones is 1. The predicted molar refractivity (Wildman–Crippen MR) is 114 cm³/mol. The number of allylic oxidation sites excluding steroid dienone is 1. The van der Waals surface area contributed by atoms with Gasteiger partial charge in [0.25, 0.3) is 0 Å². The van der Waals surface area contributed by atoms with Crippen LogP contribution in [0.4, 0.5) is 0 Å². The summed E-state index contributed by atoms with van der Waals surface area (Å²) in [6, 6.07) is 2.02. The van der Waals surface area contributed by atoms with Crippen LogP contribution in [0.15, 0.2) is 17.8 Å². The molecular formula is C25H36N2O2. The highest BCUT2D eigenvalue weighted by Crippen LogP contribution is 2.66. The summed E-state index contributed by atoms with van der Waals surface area (Å²) in [5.74, 6) is 2.94. The van der Waals surface area contributed by atoms with E-state index in [0.717, 1.165) is 55.8 Å². The predicted octanol–water partition coefficient (Wildman–Crippen LogP) is 4.87. The average molecular weight is 397 g/mol. The Bertz CT molecular complexity index is 842. The molecule has 0 aliphatic heterocycles. The zero-order chi connectivity index (χ0) is 20.4. The van der Waals surface area contributed by atoms with Crippen molar-refractivity contribution in [1.82, 2.24) is 9.78 Å². The molecule has 4 aliphatic rings. The van der Waals surface area contributed by atoms with Crippen molar-refractivity contribution in [2.75, 3.05) is 0 Å². The summed E-state index contributed by atoms with van der Waals surface area (Å²) in [4.78, 5) is 13.5. The normalized spacial score (nSPS) is 45.7. The SMILES string of the molecule is CCn1nccc1/C=C1\C[C@@H]2[C@H]3CC[C@@H]4C[C@H](O)CC[C@]4(C)[C@@H]3CC[C@]2(C)C1=O. The smallest absolute Gasteiger partial charge is 0.165 e. The highest BCUT2D eigenvalue weighted by atomic mass is 16.3. The number of hydrogen-bond donors (Lipinski definition) is 1. The van der Waals surface area contributed by atoms with Gasteiger partial charge in [0, 0.05) is 18.2 Å². The van der Waals surface area contributed by atoms with Gasteiger partial charge in [0.2, 0.25) is 0 Å². The van der Waals surface area contributed by atoms with E-state index in [2.05, 4.69) is 31.9 Å². The van der Waals surface area contributed by atoms with E-state index in [9.17, 15) is 9.90 Å². The topological polar surface area (TPSA) is 55.1 Å². The van der Waals surface area contributed by atoms with Crippen LogP contribution >= 0.6 is 0 Å². The van der Waals surface area contributed by atoms with Gasteiger partial charge in [-0.15, -0.1) is 0 Å². The molecule has 7 atom stereocenters. The van der Waals surface area contributed by atoms with E-state index < -0.39 is 0 Å². The summed E-state index contributed by atoms with van der Waals surface area (Å²) in [7, 11) is 0. The quantitative estimate of drug-likeness (QED) is 0.726. The number of rotatable bonds is 2. The van der Waals surface area contributed by atoms with Crippen LogP contribution in [-0.2, 0) is 11.3 Å². The Hall–Kier alpha value is -1.42. The Morgan fingerprint density at radius 3 is 2.83 bits per heavy atom. The van der Waals surface area contributed by atoms with Crippen molar-refractivity contribution in [2.45, 2.75) is 84.8 Å². The van der Waals surface area contributed by atoms with E-state index in [1.165, 1.54) is 19.3 Å². The molecule has 4 nitrogen and oxygen atoms in total. The zero-order valence-electron chi connectivity index (χ0n) is 18.2. The van der Waals surface area contributed by atoms with Gasteiger partial charge < -0.3 is 5.11 Å². The Morgan fingerprint density at radius 2 is 2.03 bits per heavy atom. The average Bonchev–Trinajstić information content (AvgIpc) is 3.25. The molecule has 4 fully saturated rings. The van der Waals surface area contributed by atoms with Crippen molar-refractivity contribution in [1.29, 1.82) is 0 Å². The second-order valence-electron chi connectivity index (χ2n) is 10.8. The summed E-state index contributed by atoms with van der Waals surface area (Å²) in [5, 5.41) is 14.6. The molecule has 5 rings (SSSR count). The summed E-state index contributed by atoms with van der Waals surface area (Å²) < 4.78 is 1.98. The largest absolute Gasteiger partial charge is 0.393 e. The molecule has 4 heteroatoms. The molecule has 0 bridgehead atoms. The van der Waals surface area contributed by atoms with Crippen molar-refractivity contribution < 1.29 is 9.90 Å². The minimum absolute atomic E-state index is 0.0931. The Morgan fingerprint density at radius 1 is 1.21 bits per heavy atom. The number of fused-ring (bicyclic) bond motifs is 5. The highest BCUT2D eigenvalue weighted by Gasteiger charge is 2.61. The maximum atomic E-state index is 13.5. The third-order valence-electron chi connectivity index (χ3n) is 9.65. The van der Waals surface area contributed by atoms with E-state index in [0.29, 0.717) is 29.0 Å². The molecule has 0 spiro atoms. The fourth-order valence-corrected chi connectivity index (χ4v) is 7.94. The number of aromatic nitrogens is 2. The van der Waals surface area contributed by atoms with Gasteiger partial charge in [-0.2, -0.15) is 5.10 Å². The first-order valence-electron chi connectivity index (χ1n) is 11.8. The monoisotopic (exact) mass is 396 g/mol. The zero-order valence-corrected chi connectivity index (χ0v) is 18.2. The maximum Gasteiger partial charge on any atom is 0.165 e. The van der Waals surface area contributed by atoms with Crippen LogP contribution in [0, 0.1) is 34.5 Å². The van der Waals surface area contributed by atoms with Crippen molar-refractivity contribution in [3.05, 3.63) is 23.5 Å². The third-order valence-corrected chi connectivity index (χ3v) is 9.65. The molecule has 0 amide bonds. The molecule has 4 aliphatic carbocycles. The Labute approximate surface area is 174 Å². The number of nitrogens with zero attached hydrogens (tertiary/aromatic N) is 2. The van der Waals surface area contributed by atoms with E-state index >= 15 is 0 Å². The molecular weight excluding hydrogens is 360 g/mol. The first-order chi connectivity index (χ1) is 13.9. The van der Waals surface area contributed by atoms with Gasteiger partial charge in [-0.3, -0.25) is 9.48 Å². The van der Waals surface area contributed by atoms with Gasteiger partial charge in [-0.25, -0.2) is 0 Å². The standard InChI is InChI=1S/C25H36N2O2/c1-4-27-18(9-12-26-27)13-16-14-22-20-6-5-17-15-19(28)7-10-24(17,2)21(20)8-11-25(22,3)23(16)29/h9,12-13,17,19-22,28H,4-8,10-11,14-15H2,1-3H3/b16-13+/t17-,19-,20+,21-,22-,24+,25+/m1/s1. The summed E-state index contributed by atoms with van der Waals surface area (Å²) in [6.07, 6.45) is 12.6. The molecule has 1 aromatic heterocycles. The van der Waals surface area contributed by atoms with Crippen LogP contribution in [0.2, 0.25) is 0 Å². The molecule has 1 N–H and O–H groups in total. The van der Waals surface area contributed by atoms with E-state index in [1.807, 2.05) is 16.9 Å². The Balaban J connectivity index is 1.45. The second-order valence-corrected chi connectivity index (χ2v) is 10.8. The van der Waals surface area contributed by atoms with Gasteiger partial charge in [0.15, 0.2) is 5.78 Å². The number of aryl methyl sites for hydroxylation is 1. The summed E-state index contributed by atoms with van der Waals surface area (Å²) in [6.45, 7) is 7.69. The van der Waals surface area contributed by atoms with E-state index in [4.69, 9.17) is 0 Å². The number of carbonyl (C=O) groups is 1. The van der Waals surface area contributed by atoms with Gasteiger partial charge in [0.05, 0.1) is 11.8 Å². The lowest BCUT2D eigenvalue weighted by molar-refractivity contribution is -0.141. The van der Waals surface area contributed by atoms with Crippen LogP contribution in [0.3, 0.4) is 0 Å².